The fourth-order valence-corrected chi connectivity index (χ4v) is 3.98. The Labute approximate surface area is 112 Å². The van der Waals surface area contributed by atoms with Gasteiger partial charge in [-0.2, -0.15) is 9.40 Å². The van der Waals surface area contributed by atoms with Crippen LogP contribution >= 0.6 is 11.6 Å². The molecule has 2 heterocycles. The topological polar surface area (TPSA) is 69.3 Å². The van der Waals surface area contributed by atoms with Gasteiger partial charge in [0.15, 0.2) is 5.03 Å². The summed E-state index contributed by atoms with van der Waals surface area (Å²) in [4.78, 5) is 2.05. The number of alkyl halides is 1. The van der Waals surface area contributed by atoms with Crippen LogP contribution in [0.2, 0.25) is 0 Å². The molecule has 1 atom stereocenters. The zero-order chi connectivity index (χ0) is 13.3. The summed E-state index contributed by atoms with van der Waals surface area (Å²) in [5, 5.41) is 6.42. The average molecular weight is 293 g/mol. The van der Waals surface area contributed by atoms with Gasteiger partial charge in [0.2, 0.25) is 0 Å². The van der Waals surface area contributed by atoms with Crippen LogP contribution < -0.4 is 0 Å². The fourth-order valence-electron chi connectivity index (χ4n) is 2.10. The predicted octanol–water partition coefficient (Wildman–Crippen LogP) is 0.473. The van der Waals surface area contributed by atoms with Gasteiger partial charge in [0, 0.05) is 24.7 Å². The van der Waals surface area contributed by atoms with E-state index >= 15 is 0 Å². The molecule has 0 aromatic carbocycles. The van der Waals surface area contributed by atoms with E-state index < -0.39 is 10.0 Å². The predicted molar refractivity (Wildman–Crippen MR) is 69.0 cm³/mol. The summed E-state index contributed by atoms with van der Waals surface area (Å²) in [7, 11) is 0.419. The molecular weight excluding hydrogens is 276 g/mol. The monoisotopic (exact) mass is 292 g/mol. The van der Waals surface area contributed by atoms with Crippen molar-refractivity contribution < 1.29 is 8.42 Å². The second-order valence-electron chi connectivity index (χ2n) is 4.63. The number of nitrogens with zero attached hydrogens (tertiary/aromatic N) is 3. The van der Waals surface area contributed by atoms with Crippen molar-refractivity contribution in [1.82, 2.24) is 19.4 Å². The van der Waals surface area contributed by atoms with Crippen molar-refractivity contribution in [3.05, 3.63) is 11.8 Å². The zero-order valence-electron chi connectivity index (χ0n) is 10.4. The van der Waals surface area contributed by atoms with Gasteiger partial charge in [-0.1, -0.05) is 0 Å². The van der Waals surface area contributed by atoms with Crippen molar-refractivity contribution in [2.45, 2.75) is 23.4 Å². The molecule has 1 saturated heterocycles. The molecule has 0 bridgehead atoms. The molecule has 18 heavy (non-hydrogen) atoms. The van der Waals surface area contributed by atoms with Crippen LogP contribution in [0.1, 0.15) is 12.0 Å². The van der Waals surface area contributed by atoms with E-state index in [9.17, 15) is 8.42 Å². The first-order chi connectivity index (χ1) is 8.46. The highest BCUT2D eigenvalue weighted by molar-refractivity contribution is 7.89. The van der Waals surface area contributed by atoms with Gasteiger partial charge < -0.3 is 4.90 Å². The molecule has 6 nitrogen and oxygen atoms in total. The molecule has 1 N–H and O–H groups in total. The maximum atomic E-state index is 12.4. The lowest BCUT2D eigenvalue weighted by atomic mass is 10.2. The van der Waals surface area contributed by atoms with Crippen molar-refractivity contribution in [1.29, 1.82) is 0 Å². The molecule has 0 spiro atoms. The molecule has 0 amide bonds. The molecule has 1 aliphatic rings. The van der Waals surface area contributed by atoms with E-state index in [0.717, 1.165) is 6.42 Å². The molecular formula is C10H17ClN4O2S. The fraction of sp³-hybridized carbons (Fsp3) is 0.700. The van der Waals surface area contributed by atoms with Crippen LogP contribution in [-0.2, 0) is 15.9 Å². The maximum Gasteiger partial charge on any atom is 0.260 e. The Kier molecular flexibility index (Phi) is 3.96. The van der Waals surface area contributed by atoms with Crippen molar-refractivity contribution >= 4 is 21.6 Å². The highest BCUT2D eigenvalue weighted by Crippen LogP contribution is 2.24. The summed E-state index contributed by atoms with van der Waals surface area (Å²) in [6.45, 7) is 1.04. The van der Waals surface area contributed by atoms with Crippen LogP contribution in [0.4, 0.5) is 0 Å². The van der Waals surface area contributed by atoms with E-state index in [1.54, 1.807) is 0 Å². The van der Waals surface area contributed by atoms with Gasteiger partial charge in [-0.3, -0.25) is 5.10 Å². The summed E-state index contributed by atoms with van der Waals surface area (Å²) in [6, 6.07) is 0.266. The molecule has 1 unspecified atom stereocenters. The summed E-state index contributed by atoms with van der Waals surface area (Å²) >= 11 is 5.71. The highest BCUT2D eigenvalue weighted by Gasteiger charge is 2.35. The number of aromatic amines is 1. The lowest BCUT2D eigenvalue weighted by molar-refractivity contribution is 0.302. The minimum absolute atomic E-state index is 0.122. The number of likely N-dealkylation sites (N-methyl/N-ethyl adjacent to an activating group) is 1. The third-order valence-corrected chi connectivity index (χ3v) is 5.45. The third kappa shape index (κ3) is 2.40. The number of aromatic nitrogens is 2. The summed E-state index contributed by atoms with van der Waals surface area (Å²) in [5.74, 6) is 0.135. The molecule has 0 radical (unpaired) electrons. The second-order valence-corrected chi connectivity index (χ2v) is 6.77. The largest absolute Gasteiger partial charge is 0.305 e. The van der Waals surface area contributed by atoms with Gasteiger partial charge in [0.05, 0.1) is 12.1 Å². The molecule has 0 saturated carbocycles. The Balaban J connectivity index is 2.23. The summed E-state index contributed by atoms with van der Waals surface area (Å²) < 4.78 is 26.3. The van der Waals surface area contributed by atoms with E-state index in [4.69, 9.17) is 11.6 Å². The number of H-pyrrole nitrogens is 1. The standard InChI is InChI=1S/C10H17ClN4O2S/c1-14(2)9-3-4-15(7-9)18(16,17)10-8(5-11)6-12-13-10/h6,9H,3-5,7H2,1-2H3,(H,12,13). The lowest BCUT2D eigenvalue weighted by Crippen LogP contribution is -2.34. The van der Waals surface area contributed by atoms with Crippen LogP contribution in [0.15, 0.2) is 11.2 Å². The number of hydrogen-bond acceptors (Lipinski definition) is 4. The van der Waals surface area contributed by atoms with E-state index in [-0.39, 0.29) is 16.9 Å². The van der Waals surface area contributed by atoms with E-state index in [1.807, 2.05) is 19.0 Å². The Morgan fingerprint density at radius 1 is 1.61 bits per heavy atom. The van der Waals surface area contributed by atoms with Gasteiger partial charge in [-0.15, -0.1) is 11.6 Å². The van der Waals surface area contributed by atoms with Crippen LogP contribution in [0.3, 0.4) is 0 Å². The average Bonchev–Trinajstić information content (AvgIpc) is 2.98. The van der Waals surface area contributed by atoms with Crippen molar-refractivity contribution in [3.8, 4) is 0 Å². The zero-order valence-corrected chi connectivity index (χ0v) is 12.0. The molecule has 2 rings (SSSR count). The quantitative estimate of drug-likeness (QED) is 0.819. The van der Waals surface area contributed by atoms with E-state index in [1.165, 1.54) is 10.5 Å². The summed E-state index contributed by atoms with van der Waals surface area (Å²) in [5.41, 5.74) is 0.518. The van der Waals surface area contributed by atoms with Crippen LogP contribution in [-0.4, -0.2) is 61.0 Å². The molecule has 1 aliphatic heterocycles. The van der Waals surface area contributed by atoms with Crippen LogP contribution in [0.25, 0.3) is 0 Å². The van der Waals surface area contributed by atoms with Crippen molar-refractivity contribution in [3.63, 3.8) is 0 Å². The van der Waals surface area contributed by atoms with Gasteiger partial charge in [0.25, 0.3) is 10.0 Å². The molecule has 1 aromatic heterocycles. The van der Waals surface area contributed by atoms with Crippen LogP contribution in [0.5, 0.6) is 0 Å². The Bertz CT molecular complexity index is 514. The minimum atomic E-state index is -3.50. The van der Waals surface area contributed by atoms with Gasteiger partial charge in [-0.05, 0) is 20.5 Å². The van der Waals surface area contributed by atoms with Gasteiger partial charge >= 0.3 is 0 Å². The van der Waals surface area contributed by atoms with Crippen molar-refractivity contribution in [2.75, 3.05) is 27.2 Å². The molecule has 8 heteroatoms. The van der Waals surface area contributed by atoms with Crippen molar-refractivity contribution in [2.24, 2.45) is 0 Å². The van der Waals surface area contributed by atoms with Gasteiger partial charge in [-0.25, -0.2) is 8.42 Å². The highest BCUT2D eigenvalue weighted by atomic mass is 35.5. The maximum absolute atomic E-state index is 12.4. The summed E-state index contributed by atoms with van der Waals surface area (Å²) in [6.07, 6.45) is 2.30. The first kappa shape index (κ1) is 13.8. The number of halogens is 1. The molecule has 0 aliphatic carbocycles. The first-order valence-electron chi connectivity index (χ1n) is 5.71. The number of rotatable bonds is 4. The SMILES string of the molecule is CN(C)C1CCN(S(=O)(=O)c2[nH]ncc2CCl)C1. The minimum Gasteiger partial charge on any atom is -0.305 e. The third-order valence-electron chi connectivity index (χ3n) is 3.28. The normalized spacial score (nSPS) is 21.9. The molecule has 1 fully saturated rings. The number of sulfonamides is 1. The second kappa shape index (κ2) is 5.16. The number of nitrogens with one attached hydrogen (secondary N) is 1. The van der Waals surface area contributed by atoms with Crippen LogP contribution in [0, 0.1) is 0 Å². The molecule has 1 aromatic rings. The smallest absolute Gasteiger partial charge is 0.260 e. The number of hydrogen-bond donors (Lipinski definition) is 1. The Morgan fingerprint density at radius 3 is 2.89 bits per heavy atom. The van der Waals surface area contributed by atoms with Gasteiger partial charge in [0.1, 0.15) is 0 Å². The van der Waals surface area contributed by atoms with E-state index in [2.05, 4.69) is 10.2 Å². The van der Waals surface area contributed by atoms with E-state index in [0.29, 0.717) is 18.7 Å². The Morgan fingerprint density at radius 2 is 2.33 bits per heavy atom. The lowest BCUT2D eigenvalue weighted by Gasteiger charge is -2.20. The first-order valence-corrected chi connectivity index (χ1v) is 7.69. The molecule has 102 valence electrons. The Hall–Kier alpha value is -0.630.